The number of nitrogens with one attached hydrogen (secondary N) is 2. The summed E-state index contributed by atoms with van der Waals surface area (Å²) in [5.41, 5.74) is 7.06. The van der Waals surface area contributed by atoms with Gasteiger partial charge in [-0.1, -0.05) is 28.1 Å². The van der Waals surface area contributed by atoms with E-state index in [9.17, 15) is 35.9 Å². The van der Waals surface area contributed by atoms with Gasteiger partial charge in [0.05, 0.1) is 67.7 Å². The number of fused-ring (bicyclic) bond motifs is 2. The first-order valence-electron chi connectivity index (χ1n) is 19.4. The molecule has 0 amide bonds. The lowest BCUT2D eigenvalue weighted by molar-refractivity contribution is -0.132. The standard InChI is InChI=1S/C26H24F3N3O4.C19H17BrF3N3O2/c1-16-12-17(8-9-19(16)25(33)35-3)32-15-31-24-20(30-11-10-26(27,28)29)13-18(14-21(24)32)36-23-7-5-4-6-22(23)34-2;1-11-7-13(3-4-14(11)18(27)28-2)26-10-25-17-15(8-12(20)9-16(17)26)24-6-5-19(21,22)23/h4-9,12-15,30H,10-11H2,1-3H3;3-4,7-10,24H,5-6H2,1-2H3. The Kier molecular flexibility index (Phi) is 14.4. The minimum atomic E-state index is -4.30. The lowest BCUT2D eigenvalue weighted by atomic mass is 10.1. The summed E-state index contributed by atoms with van der Waals surface area (Å²) in [5, 5.41) is 5.64. The minimum absolute atomic E-state index is 0.241. The van der Waals surface area contributed by atoms with Crippen molar-refractivity contribution in [1.29, 1.82) is 0 Å². The predicted octanol–water partition coefficient (Wildman–Crippen LogP) is 11.5. The zero-order valence-electron chi connectivity index (χ0n) is 35.0. The number of hydrogen-bond acceptors (Lipinski definition) is 10. The first-order valence-corrected chi connectivity index (χ1v) is 20.2. The quantitative estimate of drug-likeness (QED) is 0.0851. The number of imidazole rings is 2. The zero-order valence-corrected chi connectivity index (χ0v) is 36.5. The van der Waals surface area contributed by atoms with Crippen LogP contribution in [0.25, 0.3) is 33.4 Å². The van der Waals surface area contributed by atoms with Crippen molar-refractivity contribution < 1.29 is 54.9 Å². The Morgan fingerprint density at radius 3 is 1.56 bits per heavy atom. The molecule has 0 aliphatic heterocycles. The Hall–Kier alpha value is -6.76. The number of halogens is 7. The fraction of sp³-hybridized carbons (Fsp3) is 0.244. The van der Waals surface area contributed by atoms with Gasteiger partial charge in [-0.05, 0) is 85.6 Å². The van der Waals surface area contributed by atoms with E-state index in [0.29, 0.717) is 77.5 Å². The lowest BCUT2D eigenvalue weighted by Crippen LogP contribution is -2.14. The summed E-state index contributed by atoms with van der Waals surface area (Å²) in [6.45, 7) is 3.02. The molecule has 0 aliphatic carbocycles. The number of aryl methyl sites for hydroxylation is 2. The van der Waals surface area contributed by atoms with E-state index in [-0.39, 0.29) is 13.1 Å². The molecule has 5 aromatic carbocycles. The van der Waals surface area contributed by atoms with Gasteiger partial charge in [0, 0.05) is 41.1 Å². The second-order valence-corrected chi connectivity index (χ2v) is 15.1. The third-order valence-electron chi connectivity index (χ3n) is 9.77. The van der Waals surface area contributed by atoms with Crippen molar-refractivity contribution in [3.8, 4) is 28.6 Å². The van der Waals surface area contributed by atoms with Gasteiger partial charge in [0.2, 0.25) is 0 Å². The van der Waals surface area contributed by atoms with Crippen molar-refractivity contribution in [1.82, 2.24) is 19.1 Å². The maximum atomic E-state index is 12.8. The van der Waals surface area contributed by atoms with Gasteiger partial charge < -0.3 is 29.6 Å². The zero-order chi connectivity index (χ0) is 46.3. The second-order valence-electron chi connectivity index (χ2n) is 14.2. The van der Waals surface area contributed by atoms with Gasteiger partial charge in [0.1, 0.15) is 29.4 Å². The number of hydrogen-bond donors (Lipinski definition) is 2. The molecule has 0 unspecified atom stereocenters. The highest BCUT2D eigenvalue weighted by Crippen LogP contribution is 2.37. The molecule has 2 heterocycles. The highest BCUT2D eigenvalue weighted by molar-refractivity contribution is 9.10. The number of methoxy groups -OCH3 is 3. The number of carbonyl (C=O) groups is 2. The molecule has 7 aromatic rings. The fourth-order valence-corrected chi connectivity index (χ4v) is 7.14. The average molecular weight is 956 g/mol. The molecule has 0 bridgehead atoms. The lowest BCUT2D eigenvalue weighted by Gasteiger charge is -2.14. The molecule has 0 aliphatic rings. The van der Waals surface area contributed by atoms with Gasteiger partial charge >= 0.3 is 24.3 Å². The Bertz CT molecular complexity index is 2810. The number of benzene rings is 5. The van der Waals surface area contributed by atoms with Crippen LogP contribution in [0.4, 0.5) is 37.7 Å². The number of carbonyl (C=O) groups excluding carboxylic acids is 2. The van der Waals surface area contributed by atoms with Gasteiger partial charge in [-0.3, -0.25) is 9.13 Å². The molecule has 7 rings (SSSR count). The molecular formula is C45H41BrF6N6O6. The third kappa shape index (κ3) is 11.2. The summed E-state index contributed by atoms with van der Waals surface area (Å²) in [4.78, 5) is 32.5. The van der Waals surface area contributed by atoms with Crippen LogP contribution in [-0.4, -0.2) is 77.8 Å². The molecule has 0 radical (unpaired) electrons. The average Bonchev–Trinajstić information content (AvgIpc) is 3.87. The Labute approximate surface area is 371 Å². The van der Waals surface area contributed by atoms with E-state index >= 15 is 0 Å². The van der Waals surface area contributed by atoms with Crippen molar-refractivity contribution in [2.75, 3.05) is 45.1 Å². The van der Waals surface area contributed by atoms with Gasteiger partial charge in [0.15, 0.2) is 11.5 Å². The van der Waals surface area contributed by atoms with E-state index in [4.69, 9.17) is 18.9 Å². The number of anilines is 2. The molecule has 0 atom stereocenters. The summed E-state index contributed by atoms with van der Waals surface area (Å²) in [6, 6.07) is 24.4. The summed E-state index contributed by atoms with van der Waals surface area (Å²) in [5.74, 6) is 0.472. The van der Waals surface area contributed by atoms with E-state index in [1.165, 1.54) is 21.3 Å². The maximum absolute atomic E-state index is 12.8. The van der Waals surface area contributed by atoms with E-state index < -0.39 is 37.1 Å². The van der Waals surface area contributed by atoms with Crippen LogP contribution in [0.1, 0.15) is 44.7 Å². The first kappa shape index (κ1) is 46.7. The largest absolute Gasteiger partial charge is 0.493 e. The molecule has 2 N–H and O–H groups in total. The molecule has 2 aromatic heterocycles. The SMILES string of the molecule is COC(=O)c1ccc(-n2cnc3c(NCCC(F)(F)F)cc(Br)cc32)cc1C.COC(=O)c1ccc(-n2cnc3c(NCCC(F)(F)F)cc(Oc4ccccc4OC)cc32)cc1C. The van der Waals surface area contributed by atoms with Crippen LogP contribution in [0.15, 0.2) is 102 Å². The number of ether oxygens (including phenoxy) is 4. The molecule has 0 spiro atoms. The highest BCUT2D eigenvalue weighted by atomic mass is 79.9. The van der Waals surface area contributed by atoms with E-state index in [1.807, 2.05) is 16.7 Å². The van der Waals surface area contributed by atoms with Crippen molar-refractivity contribution >= 4 is 61.3 Å². The number of alkyl halides is 6. The number of esters is 2. The van der Waals surface area contributed by atoms with E-state index in [0.717, 1.165) is 11.3 Å². The molecule has 12 nitrogen and oxygen atoms in total. The Morgan fingerprint density at radius 1 is 0.641 bits per heavy atom. The number of aromatic nitrogens is 4. The number of para-hydroxylation sites is 2. The summed E-state index contributed by atoms with van der Waals surface area (Å²) >= 11 is 3.40. The van der Waals surface area contributed by atoms with Crippen LogP contribution >= 0.6 is 15.9 Å². The minimum Gasteiger partial charge on any atom is -0.493 e. The van der Waals surface area contributed by atoms with Crippen LogP contribution in [-0.2, 0) is 9.47 Å². The van der Waals surface area contributed by atoms with Gasteiger partial charge in [-0.25, -0.2) is 19.6 Å². The smallest absolute Gasteiger partial charge is 0.390 e. The number of nitrogens with zero attached hydrogens (tertiary/aromatic N) is 4. The van der Waals surface area contributed by atoms with Crippen LogP contribution in [0.3, 0.4) is 0 Å². The summed E-state index contributed by atoms with van der Waals surface area (Å²) in [7, 11) is 4.16. The van der Waals surface area contributed by atoms with Crippen LogP contribution in [0.2, 0.25) is 0 Å². The van der Waals surface area contributed by atoms with Crippen molar-refractivity contribution in [3.05, 3.63) is 124 Å². The normalized spacial score (nSPS) is 11.5. The second kappa shape index (κ2) is 19.7. The number of rotatable bonds is 13. The molecule has 19 heteroatoms. The Morgan fingerprint density at radius 2 is 1.11 bits per heavy atom. The molecule has 336 valence electrons. The van der Waals surface area contributed by atoms with Gasteiger partial charge in [-0.15, -0.1) is 0 Å². The Balaban J connectivity index is 0.000000219. The molecule has 0 fully saturated rings. The molecule has 0 saturated carbocycles. The first-order chi connectivity index (χ1) is 30.4. The van der Waals surface area contributed by atoms with Crippen LogP contribution in [0, 0.1) is 13.8 Å². The van der Waals surface area contributed by atoms with Crippen molar-refractivity contribution in [2.24, 2.45) is 0 Å². The third-order valence-corrected chi connectivity index (χ3v) is 10.2. The van der Waals surface area contributed by atoms with E-state index in [2.05, 4.69) is 36.5 Å². The monoisotopic (exact) mass is 954 g/mol. The van der Waals surface area contributed by atoms with Crippen molar-refractivity contribution in [3.63, 3.8) is 0 Å². The van der Waals surface area contributed by atoms with Crippen LogP contribution < -0.4 is 20.1 Å². The summed E-state index contributed by atoms with van der Waals surface area (Å²) in [6.07, 6.45) is -7.29. The molecule has 0 saturated heterocycles. The van der Waals surface area contributed by atoms with Gasteiger partial charge in [-0.2, -0.15) is 26.3 Å². The van der Waals surface area contributed by atoms with Crippen molar-refractivity contribution in [2.45, 2.75) is 39.0 Å². The van der Waals surface area contributed by atoms with E-state index in [1.54, 1.807) is 104 Å². The molecular weight excluding hydrogens is 914 g/mol. The molecule has 64 heavy (non-hydrogen) atoms. The van der Waals surface area contributed by atoms with Gasteiger partial charge in [0.25, 0.3) is 0 Å². The van der Waals surface area contributed by atoms with Crippen LogP contribution in [0.5, 0.6) is 17.2 Å². The fourth-order valence-electron chi connectivity index (χ4n) is 6.69. The summed E-state index contributed by atoms with van der Waals surface area (Å²) < 4.78 is 101. The predicted molar refractivity (Wildman–Crippen MR) is 233 cm³/mol. The topological polar surface area (TPSA) is 131 Å². The maximum Gasteiger partial charge on any atom is 0.390 e. The highest BCUT2D eigenvalue weighted by Gasteiger charge is 2.27.